The van der Waals surface area contributed by atoms with E-state index in [-0.39, 0.29) is 0 Å². The summed E-state index contributed by atoms with van der Waals surface area (Å²) in [5.74, 6) is 0. The molecule has 1 heterocycles. The van der Waals surface area contributed by atoms with Crippen LogP contribution in [0.3, 0.4) is 0 Å². The van der Waals surface area contributed by atoms with E-state index in [1.807, 2.05) is 0 Å². The summed E-state index contributed by atoms with van der Waals surface area (Å²) in [6.07, 6.45) is 12.3. The summed E-state index contributed by atoms with van der Waals surface area (Å²) in [6.45, 7) is 1.03. The second-order valence-electron chi connectivity index (χ2n) is 4.40. The van der Waals surface area contributed by atoms with E-state index < -0.39 is 0 Å². The monoisotopic (exact) mass is 168 g/mol. The molecular weight excluding hydrogens is 148 g/mol. The lowest BCUT2D eigenvalue weighted by Crippen LogP contribution is -2.34. The average Bonchev–Trinajstić information content (AvgIpc) is 2.33. The van der Waals surface area contributed by atoms with E-state index in [1.54, 1.807) is 0 Å². The fourth-order valence-corrected chi connectivity index (χ4v) is 2.68. The molecule has 0 amide bonds. The van der Waals surface area contributed by atoms with Gasteiger partial charge in [-0.25, -0.2) is 0 Å². The zero-order valence-corrected chi connectivity index (χ0v) is 7.98. The third kappa shape index (κ3) is 1.82. The third-order valence-electron chi connectivity index (χ3n) is 3.45. The smallest absolute Gasteiger partial charge is 0.0682 e. The molecule has 1 spiro atoms. The van der Waals surface area contributed by atoms with Gasteiger partial charge in [-0.05, 0) is 25.7 Å². The van der Waals surface area contributed by atoms with Crippen LogP contribution in [-0.4, -0.2) is 12.2 Å². The molecule has 1 saturated heterocycles. The Balaban J connectivity index is 1.95. The molecule has 2 rings (SSSR count). The Hall–Kier alpha value is -0.0400. The van der Waals surface area contributed by atoms with Crippen LogP contribution in [0.2, 0.25) is 0 Å². The fourth-order valence-electron chi connectivity index (χ4n) is 2.68. The van der Waals surface area contributed by atoms with Crippen LogP contribution in [0.5, 0.6) is 0 Å². The van der Waals surface area contributed by atoms with Crippen molar-refractivity contribution in [1.29, 1.82) is 0 Å². The van der Waals surface area contributed by atoms with Crippen LogP contribution in [0.1, 0.15) is 57.8 Å². The van der Waals surface area contributed by atoms with Crippen LogP contribution in [0, 0.1) is 0 Å². The predicted molar refractivity (Wildman–Crippen MR) is 50.2 cm³/mol. The summed E-state index contributed by atoms with van der Waals surface area (Å²) in [6, 6.07) is 0. The minimum atomic E-state index is 0.342. The standard InChI is InChI=1S/C11H20O/c1-3-7-11(8-4-1)9-5-2-6-10-12-11/h1-10H2. The molecule has 12 heavy (non-hydrogen) atoms. The lowest BCUT2D eigenvalue weighted by molar-refractivity contribution is -0.0672. The number of hydrogen-bond acceptors (Lipinski definition) is 1. The van der Waals surface area contributed by atoms with E-state index in [0.29, 0.717) is 5.60 Å². The Kier molecular flexibility index (Phi) is 2.69. The van der Waals surface area contributed by atoms with Crippen LogP contribution in [0.4, 0.5) is 0 Å². The van der Waals surface area contributed by atoms with Crippen molar-refractivity contribution >= 4 is 0 Å². The SMILES string of the molecule is C1CCOC2(CC1)CCCCC2. The van der Waals surface area contributed by atoms with Crippen LogP contribution in [0.25, 0.3) is 0 Å². The second-order valence-corrected chi connectivity index (χ2v) is 4.40. The minimum absolute atomic E-state index is 0.342. The third-order valence-corrected chi connectivity index (χ3v) is 3.45. The number of hydrogen-bond donors (Lipinski definition) is 0. The highest BCUT2D eigenvalue weighted by atomic mass is 16.5. The molecule has 0 atom stereocenters. The topological polar surface area (TPSA) is 9.23 Å². The number of ether oxygens (including phenoxy) is 1. The van der Waals surface area contributed by atoms with Gasteiger partial charge >= 0.3 is 0 Å². The molecule has 0 aromatic carbocycles. The van der Waals surface area contributed by atoms with E-state index in [0.717, 1.165) is 6.61 Å². The summed E-state index contributed by atoms with van der Waals surface area (Å²) in [4.78, 5) is 0. The van der Waals surface area contributed by atoms with Gasteiger partial charge in [0.15, 0.2) is 0 Å². The van der Waals surface area contributed by atoms with Crippen molar-refractivity contribution in [1.82, 2.24) is 0 Å². The molecular formula is C11H20O. The molecule has 2 aliphatic rings. The van der Waals surface area contributed by atoms with Gasteiger partial charge in [0.25, 0.3) is 0 Å². The van der Waals surface area contributed by atoms with E-state index >= 15 is 0 Å². The first-order valence-corrected chi connectivity index (χ1v) is 5.55. The Morgan fingerprint density at radius 2 is 1.25 bits per heavy atom. The molecule has 0 N–H and O–H groups in total. The molecule has 1 aliphatic heterocycles. The van der Waals surface area contributed by atoms with Gasteiger partial charge in [-0.2, -0.15) is 0 Å². The average molecular weight is 168 g/mol. The Labute approximate surface area is 75.5 Å². The van der Waals surface area contributed by atoms with Crippen LogP contribution < -0.4 is 0 Å². The lowest BCUT2D eigenvalue weighted by atomic mass is 9.81. The number of rotatable bonds is 0. The van der Waals surface area contributed by atoms with E-state index in [1.165, 1.54) is 57.8 Å². The van der Waals surface area contributed by atoms with Gasteiger partial charge in [-0.15, -0.1) is 0 Å². The largest absolute Gasteiger partial charge is 0.375 e. The van der Waals surface area contributed by atoms with Crippen molar-refractivity contribution in [3.63, 3.8) is 0 Å². The highest BCUT2D eigenvalue weighted by Gasteiger charge is 2.33. The van der Waals surface area contributed by atoms with Crippen molar-refractivity contribution in [2.24, 2.45) is 0 Å². The highest BCUT2D eigenvalue weighted by molar-refractivity contribution is 4.85. The van der Waals surface area contributed by atoms with Gasteiger partial charge in [-0.3, -0.25) is 0 Å². The minimum Gasteiger partial charge on any atom is -0.375 e. The predicted octanol–water partition coefficient (Wildman–Crippen LogP) is 3.28. The first kappa shape index (κ1) is 8.55. The molecule has 1 nitrogen and oxygen atoms in total. The van der Waals surface area contributed by atoms with Gasteiger partial charge in [0.2, 0.25) is 0 Å². The van der Waals surface area contributed by atoms with E-state index in [9.17, 15) is 0 Å². The maximum Gasteiger partial charge on any atom is 0.0682 e. The molecule has 0 bridgehead atoms. The van der Waals surface area contributed by atoms with Crippen molar-refractivity contribution in [2.45, 2.75) is 63.4 Å². The van der Waals surface area contributed by atoms with Gasteiger partial charge in [0.1, 0.15) is 0 Å². The highest BCUT2D eigenvalue weighted by Crippen LogP contribution is 2.37. The zero-order chi connectivity index (χ0) is 8.28. The van der Waals surface area contributed by atoms with Gasteiger partial charge in [-0.1, -0.05) is 32.1 Å². The molecule has 70 valence electrons. The maximum absolute atomic E-state index is 6.03. The molecule has 1 saturated carbocycles. The van der Waals surface area contributed by atoms with Crippen molar-refractivity contribution in [3.05, 3.63) is 0 Å². The Bertz CT molecular complexity index is 126. The summed E-state index contributed by atoms with van der Waals surface area (Å²) < 4.78 is 6.03. The van der Waals surface area contributed by atoms with Crippen LogP contribution >= 0.6 is 0 Å². The molecule has 1 aliphatic carbocycles. The lowest BCUT2D eigenvalue weighted by Gasteiger charge is -2.36. The molecule has 0 unspecified atom stereocenters. The summed E-state index contributed by atoms with van der Waals surface area (Å²) in [7, 11) is 0. The molecule has 2 fully saturated rings. The van der Waals surface area contributed by atoms with Gasteiger partial charge < -0.3 is 4.74 Å². The fraction of sp³-hybridized carbons (Fsp3) is 1.00. The zero-order valence-electron chi connectivity index (χ0n) is 7.98. The molecule has 0 radical (unpaired) electrons. The van der Waals surface area contributed by atoms with Crippen molar-refractivity contribution in [3.8, 4) is 0 Å². The summed E-state index contributed by atoms with van der Waals surface area (Å²) in [5, 5.41) is 0. The Morgan fingerprint density at radius 3 is 1.92 bits per heavy atom. The van der Waals surface area contributed by atoms with Crippen LogP contribution in [0.15, 0.2) is 0 Å². The van der Waals surface area contributed by atoms with E-state index in [4.69, 9.17) is 4.74 Å². The summed E-state index contributed by atoms with van der Waals surface area (Å²) in [5.41, 5.74) is 0.342. The van der Waals surface area contributed by atoms with Crippen molar-refractivity contribution in [2.75, 3.05) is 6.61 Å². The maximum atomic E-state index is 6.03. The molecule has 0 aromatic rings. The quantitative estimate of drug-likeness (QED) is 0.539. The summed E-state index contributed by atoms with van der Waals surface area (Å²) >= 11 is 0. The molecule has 1 heteroatoms. The molecule has 0 aromatic heterocycles. The van der Waals surface area contributed by atoms with Crippen molar-refractivity contribution < 1.29 is 4.74 Å². The van der Waals surface area contributed by atoms with E-state index in [2.05, 4.69) is 0 Å². The Morgan fingerprint density at radius 1 is 0.667 bits per heavy atom. The normalized spacial score (nSPS) is 30.0. The first-order valence-electron chi connectivity index (χ1n) is 5.55. The van der Waals surface area contributed by atoms with Gasteiger partial charge in [0, 0.05) is 6.61 Å². The van der Waals surface area contributed by atoms with Crippen LogP contribution in [-0.2, 0) is 4.74 Å². The second kappa shape index (κ2) is 3.78. The first-order chi connectivity index (χ1) is 5.91. The van der Waals surface area contributed by atoms with Gasteiger partial charge in [0.05, 0.1) is 5.60 Å².